The standard InChI is InChI=1S/C28H50/c1-19(2)9-7-10-20(3)24-15-16-25-23-14-13-22-12-8-11-21(4)28(22,6)26(23)17-18-27(24,25)5/h19-26H,7-18H2,1-6H3/t20-,21?,22?,23+,24-,25+,26+,27-,28+/m1/s1. The van der Waals surface area contributed by atoms with Crippen LogP contribution in [0.15, 0.2) is 0 Å². The summed E-state index contributed by atoms with van der Waals surface area (Å²) in [5.41, 5.74) is 1.34. The van der Waals surface area contributed by atoms with Gasteiger partial charge in [0.05, 0.1) is 0 Å². The Morgan fingerprint density at radius 3 is 2.36 bits per heavy atom. The second-order valence-corrected chi connectivity index (χ2v) is 12.9. The van der Waals surface area contributed by atoms with Crippen LogP contribution in [0, 0.1) is 58.2 Å². The highest BCUT2D eigenvalue weighted by atomic mass is 14.7. The Hall–Kier alpha value is 0. The van der Waals surface area contributed by atoms with Crippen molar-refractivity contribution in [2.24, 2.45) is 58.2 Å². The number of fused-ring (bicyclic) bond motifs is 5. The quantitative estimate of drug-likeness (QED) is 0.443. The second-order valence-electron chi connectivity index (χ2n) is 12.9. The maximum Gasteiger partial charge on any atom is -0.0241 e. The van der Waals surface area contributed by atoms with Crippen LogP contribution in [0.2, 0.25) is 0 Å². The zero-order valence-corrected chi connectivity index (χ0v) is 20.1. The molecular formula is C28H50. The minimum absolute atomic E-state index is 0.666. The van der Waals surface area contributed by atoms with E-state index in [4.69, 9.17) is 0 Å². The maximum absolute atomic E-state index is 2.75. The summed E-state index contributed by atoms with van der Waals surface area (Å²) in [5.74, 6) is 8.03. The molecule has 4 aliphatic carbocycles. The molecule has 0 nitrogen and oxygen atoms in total. The average Bonchev–Trinajstić information content (AvgIpc) is 3.00. The largest absolute Gasteiger partial charge is 0.0628 e. The Labute approximate surface area is 177 Å². The summed E-state index contributed by atoms with van der Waals surface area (Å²) in [7, 11) is 0. The molecule has 28 heavy (non-hydrogen) atoms. The Balaban J connectivity index is 1.49. The highest BCUT2D eigenvalue weighted by Crippen LogP contribution is 2.69. The summed E-state index contributed by atoms with van der Waals surface area (Å²) in [6.45, 7) is 15.5. The third-order valence-corrected chi connectivity index (χ3v) is 11.4. The van der Waals surface area contributed by atoms with E-state index in [0.717, 1.165) is 47.3 Å². The van der Waals surface area contributed by atoms with E-state index in [9.17, 15) is 0 Å². The first-order valence-corrected chi connectivity index (χ1v) is 13.3. The molecule has 9 atom stereocenters. The van der Waals surface area contributed by atoms with Crippen LogP contribution < -0.4 is 0 Å². The summed E-state index contributed by atoms with van der Waals surface area (Å²) in [6, 6.07) is 0. The molecule has 4 rings (SSSR count). The summed E-state index contributed by atoms with van der Waals surface area (Å²) in [4.78, 5) is 0. The van der Waals surface area contributed by atoms with Crippen LogP contribution in [0.5, 0.6) is 0 Å². The minimum Gasteiger partial charge on any atom is -0.0628 e. The van der Waals surface area contributed by atoms with Gasteiger partial charge in [-0.05, 0) is 103 Å². The fourth-order valence-corrected chi connectivity index (χ4v) is 9.70. The molecule has 0 aliphatic heterocycles. The van der Waals surface area contributed by atoms with Crippen molar-refractivity contribution in [3.63, 3.8) is 0 Å². The van der Waals surface area contributed by atoms with Gasteiger partial charge in [0.1, 0.15) is 0 Å². The van der Waals surface area contributed by atoms with Crippen LogP contribution >= 0.6 is 0 Å². The van der Waals surface area contributed by atoms with E-state index >= 15 is 0 Å². The van der Waals surface area contributed by atoms with Crippen molar-refractivity contribution in [3.8, 4) is 0 Å². The monoisotopic (exact) mass is 386 g/mol. The van der Waals surface area contributed by atoms with Gasteiger partial charge in [0.25, 0.3) is 0 Å². The van der Waals surface area contributed by atoms with Crippen LogP contribution in [0.25, 0.3) is 0 Å². The third-order valence-electron chi connectivity index (χ3n) is 11.4. The Kier molecular flexibility index (Phi) is 6.01. The molecule has 4 aliphatic rings. The van der Waals surface area contributed by atoms with E-state index in [1.807, 2.05) is 0 Å². The van der Waals surface area contributed by atoms with Crippen LogP contribution in [0.1, 0.15) is 119 Å². The number of hydrogen-bond donors (Lipinski definition) is 0. The zero-order valence-electron chi connectivity index (χ0n) is 20.1. The molecule has 4 fully saturated rings. The van der Waals surface area contributed by atoms with Gasteiger partial charge in [-0.2, -0.15) is 0 Å². The molecule has 4 saturated carbocycles. The lowest BCUT2D eigenvalue weighted by molar-refractivity contribution is -0.136. The molecule has 0 saturated heterocycles. The van der Waals surface area contributed by atoms with Gasteiger partial charge in [-0.25, -0.2) is 0 Å². The van der Waals surface area contributed by atoms with E-state index in [1.165, 1.54) is 32.1 Å². The fourth-order valence-electron chi connectivity index (χ4n) is 9.70. The van der Waals surface area contributed by atoms with Crippen LogP contribution in [-0.2, 0) is 0 Å². The van der Waals surface area contributed by atoms with Crippen LogP contribution in [0.4, 0.5) is 0 Å². The van der Waals surface area contributed by atoms with Crippen molar-refractivity contribution in [3.05, 3.63) is 0 Å². The molecule has 2 unspecified atom stereocenters. The summed E-state index contributed by atoms with van der Waals surface area (Å²) >= 11 is 0. The van der Waals surface area contributed by atoms with Gasteiger partial charge >= 0.3 is 0 Å². The Bertz CT molecular complexity index is 534. The lowest BCUT2D eigenvalue weighted by atomic mass is 9.42. The van der Waals surface area contributed by atoms with Crippen molar-refractivity contribution in [2.75, 3.05) is 0 Å². The predicted octanol–water partition coefficient (Wildman–Crippen LogP) is 8.74. The van der Waals surface area contributed by atoms with Gasteiger partial charge in [-0.15, -0.1) is 0 Å². The van der Waals surface area contributed by atoms with Crippen molar-refractivity contribution >= 4 is 0 Å². The first kappa shape index (κ1) is 21.2. The molecule has 0 aromatic carbocycles. The topological polar surface area (TPSA) is 0 Å². The first-order chi connectivity index (χ1) is 13.3. The summed E-state index contributed by atoms with van der Waals surface area (Å²) < 4.78 is 0. The minimum atomic E-state index is 0.666. The predicted molar refractivity (Wildman–Crippen MR) is 122 cm³/mol. The lowest BCUT2D eigenvalue weighted by Crippen LogP contribution is -2.55. The van der Waals surface area contributed by atoms with Gasteiger partial charge in [0, 0.05) is 0 Å². The molecule has 0 aromatic rings. The summed E-state index contributed by atoms with van der Waals surface area (Å²) in [6.07, 6.45) is 18.3. The lowest BCUT2D eigenvalue weighted by Gasteiger charge is -2.62. The molecule has 0 spiro atoms. The molecule has 0 heterocycles. The third kappa shape index (κ3) is 3.32. The molecule has 0 amide bonds. The van der Waals surface area contributed by atoms with Crippen molar-refractivity contribution in [1.82, 2.24) is 0 Å². The summed E-state index contributed by atoms with van der Waals surface area (Å²) in [5, 5.41) is 0. The SMILES string of the molecule is CC(C)CCC[C@@H](C)[C@H]1CC[C@H]2[C@@H]3CCC4CCCC(C)[C@]4(C)[C@H]3CC[C@]12C. The van der Waals surface area contributed by atoms with Gasteiger partial charge in [0.15, 0.2) is 0 Å². The molecular weight excluding hydrogens is 336 g/mol. The van der Waals surface area contributed by atoms with Crippen molar-refractivity contribution < 1.29 is 0 Å². The maximum atomic E-state index is 2.75. The molecule has 0 bridgehead atoms. The highest BCUT2D eigenvalue weighted by molar-refractivity contribution is 5.10. The highest BCUT2D eigenvalue weighted by Gasteiger charge is 2.61. The van der Waals surface area contributed by atoms with Crippen molar-refractivity contribution in [1.29, 1.82) is 0 Å². The van der Waals surface area contributed by atoms with E-state index in [0.29, 0.717) is 10.8 Å². The van der Waals surface area contributed by atoms with E-state index in [1.54, 1.807) is 44.9 Å². The first-order valence-electron chi connectivity index (χ1n) is 13.3. The number of rotatable bonds is 5. The van der Waals surface area contributed by atoms with Gasteiger partial charge in [0.2, 0.25) is 0 Å². The molecule has 162 valence electrons. The van der Waals surface area contributed by atoms with Crippen LogP contribution in [-0.4, -0.2) is 0 Å². The fraction of sp³-hybridized carbons (Fsp3) is 1.00. The van der Waals surface area contributed by atoms with E-state index < -0.39 is 0 Å². The second kappa shape index (κ2) is 7.92. The van der Waals surface area contributed by atoms with Gasteiger partial charge in [-0.3, -0.25) is 0 Å². The van der Waals surface area contributed by atoms with Crippen LogP contribution in [0.3, 0.4) is 0 Å². The average molecular weight is 387 g/mol. The van der Waals surface area contributed by atoms with Crippen molar-refractivity contribution in [2.45, 2.75) is 119 Å². The molecule has 0 heteroatoms. The normalized spacial score (nSPS) is 49.4. The van der Waals surface area contributed by atoms with E-state index in [-0.39, 0.29) is 0 Å². The smallest absolute Gasteiger partial charge is 0.0241 e. The van der Waals surface area contributed by atoms with E-state index in [2.05, 4.69) is 41.5 Å². The Morgan fingerprint density at radius 2 is 1.61 bits per heavy atom. The molecule has 0 aromatic heterocycles. The van der Waals surface area contributed by atoms with Gasteiger partial charge < -0.3 is 0 Å². The molecule has 0 radical (unpaired) electrons. The molecule has 0 N–H and O–H groups in total. The Morgan fingerprint density at radius 1 is 0.821 bits per heavy atom. The van der Waals surface area contributed by atoms with Gasteiger partial charge in [-0.1, -0.05) is 73.6 Å². The number of hydrogen-bond acceptors (Lipinski definition) is 0. The zero-order chi connectivity index (χ0) is 20.1.